The van der Waals surface area contributed by atoms with Crippen molar-refractivity contribution < 1.29 is 0 Å². The average Bonchev–Trinajstić information content (AvgIpc) is 2.46. The highest BCUT2D eigenvalue weighted by Crippen LogP contribution is 2.26. The zero-order valence-electron chi connectivity index (χ0n) is 10.8. The van der Waals surface area contributed by atoms with E-state index in [0.29, 0.717) is 0 Å². The molecular weight excluding hydrogens is 186 g/mol. The second kappa shape index (κ2) is 3.97. The van der Waals surface area contributed by atoms with Gasteiger partial charge in [-0.15, -0.1) is 0 Å². The standard InChI is InChI=1S/C12H23N3/c1-11(2,3)15(12(4,5)6)8-10-7-13-9-14-10/h7,9H,8H2,1-6H3,(H,13,14). The van der Waals surface area contributed by atoms with Crippen molar-refractivity contribution >= 4 is 0 Å². The SMILES string of the molecule is CC(C)(C)N(Cc1cnc[nH]1)C(C)(C)C. The van der Waals surface area contributed by atoms with Crippen molar-refractivity contribution in [3.8, 4) is 0 Å². The van der Waals surface area contributed by atoms with E-state index in [4.69, 9.17) is 0 Å². The number of imidazole rings is 1. The fourth-order valence-corrected chi connectivity index (χ4v) is 2.02. The Bertz CT molecular complexity index is 274. The summed E-state index contributed by atoms with van der Waals surface area (Å²) in [5, 5.41) is 0. The van der Waals surface area contributed by atoms with E-state index in [2.05, 4.69) is 56.4 Å². The van der Waals surface area contributed by atoms with E-state index in [1.165, 1.54) is 5.69 Å². The lowest BCUT2D eigenvalue weighted by atomic mass is 9.96. The number of aromatic amines is 1. The Kier molecular flexibility index (Phi) is 3.24. The molecule has 0 fully saturated rings. The van der Waals surface area contributed by atoms with E-state index in [1.807, 2.05) is 6.20 Å². The van der Waals surface area contributed by atoms with Crippen molar-refractivity contribution in [3.63, 3.8) is 0 Å². The molecule has 15 heavy (non-hydrogen) atoms. The Morgan fingerprint density at radius 3 is 2.00 bits per heavy atom. The van der Waals surface area contributed by atoms with E-state index in [9.17, 15) is 0 Å². The van der Waals surface area contributed by atoms with Crippen LogP contribution in [-0.2, 0) is 6.54 Å². The highest BCUT2D eigenvalue weighted by atomic mass is 15.2. The number of hydrogen-bond acceptors (Lipinski definition) is 2. The minimum Gasteiger partial charge on any atom is -0.347 e. The average molecular weight is 209 g/mol. The van der Waals surface area contributed by atoms with E-state index < -0.39 is 0 Å². The summed E-state index contributed by atoms with van der Waals surface area (Å²) in [6.07, 6.45) is 3.63. The lowest BCUT2D eigenvalue weighted by Gasteiger charge is -2.45. The summed E-state index contributed by atoms with van der Waals surface area (Å²) >= 11 is 0. The fraction of sp³-hybridized carbons (Fsp3) is 0.750. The molecule has 0 atom stereocenters. The zero-order chi connectivity index (χ0) is 11.7. The lowest BCUT2D eigenvalue weighted by Crippen LogP contribution is -2.51. The molecule has 1 aromatic heterocycles. The molecule has 0 unspecified atom stereocenters. The molecule has 0 bridgehead atoms. The van der Waals surface area contributed by atoms with Crippen molar-refractivity contribution in [1.82, 2.24) is 14.9 Å². The van der Waals surface area contributed by atoms with E-state index in [1.54, 1.807) is 6.33 Å². The maximum Gasteiger partial charge on any atom is 0.0922 e. The summed E-state index contributed by atoms with van der Waals surface area (Å²) in [5.74, 6) is 0. The van der Waals surface area contributed by atoms with Crippen molar-refractivity contribution in [2.75, 3.05) is 0 Å². The van der Waals surface area contributed by atoms with E-state index >= 15 is 0 Å². The zero-order valence-corrected chi connectivity index (χ0v) is 10.8. The molecular formula is C12H23N3. The molecule has 0 aliphatic rings. The molecule has 0 aliphatic heterocycles. The third kappa shape index (κ3) is 3.34. The Morgan fingerprint density at radius 2 is 1.67 bits per heavy atom. The molecule has 1 heterocycles. The van der Waals surface area contributed by atoms with Crippen LogP contribution in [0.15, 0.2) is 12.5 Å². The quantitative estimate of drug-likeness (QED) is 0.812. The van der Waals surface area contributed by atoms with Crippen LogP contribution in [-0.4, -0.2) is 25.9 Å². The molecule has 0 radical (unpaired) electrons. The first kappa shape index (κ1) is 12.2. The number of nitrogens with zero attached hydrogens (tertiary/aromatic N) is 2. The van der Waals surface area contributed by atoms with Gasteiger partial charge in [0, 0.05) is 29.5 Å². The third-order valence-corrected chi connectivity index (χ3v) is 2.50. The number of hydrogen-bond donors (Lipinski definition) is 1. The summed E-state index contributed by atoms with van der Waals surface area (Å²) in [7, 11) is 0. The summed E-state index contributed by atoms with van der Waals surface area (Å²) in [6.45, 7) is 14.4. The lowest BCUT2D eigenvalue weighted by molar-refractivity contribution is 0.0287. The highest BCUT2D eigenvalue weighted by molar-refractivity contribution is 4.98. The Hall–Kier alpha value is -0.830. The molecule has 0 aromatic carbocycles. The molecule has 1 aromatic rings. The van der Waals surface area contributed by atoms with Crippen molar-refractivity contribution in [1.29, 1.82) is 0 Å². The van der Waals surface area contributed by atoms with Gasteiger partial charge in [0.25, 0.3) is 0 Å². The Morgan fingerprint density at radius 1 is 1.13 bits per heavy atom. The maximum absolute atomic E-state index is 4.06. The molecule has 1 N–H and O–H groups in total. The first-order valence-corrected chi connectivity index (χ1v) is 5.46. The molecule has 1 rings (SSSR count). The van der Waals surface area contributed by atoms with Crippen LogP contribution in [0.3, 0.4) is 0 Å². The second-order valence-electron chi connectivity index (χ2n) is 6.00. The van der Waals surface area contributed by atoms with Crippen LogP contribution in [0.25, 0.3) is 0 Å². The normalized spacial score (nSPS) is 13.5. The summed E-state index contributed by atoms with van der Waals surface area (Å²) in [5.41, 5.74) is 1.48. The van der Waals surface area contributed by atoms with Gasteiger partial charge in [0.05, 0.1) is 6.33 Å². The van der Waals surface area contributed by atoms with Crippen LogP contribution >= 0.6 is 0 Å². The molecule has 0 aliphatic carbocycles. The number of H-pyrrole nitrogens is 1. The minimum atomic E-state index is 0.156. The van der Waals surface area contributed by atoms with Crippen molar-refractivity contribution in [2.45, 2.75) is 59.2 Å². The van der Waals surface area contributed by atoms with Crippen molar-refractivity contribution in [2.24, 2.45) is 0 Å². The minimum absolute atomic E-state index is 0.156. The van der Waals surface area contributed by atoms with Crippen LogP contribution in [0, 0.1) is 0 Å². The van der Waals surface area contributed by atoms with Gasteiger partial charge in [-0.25, -0.2) is 4.98 Å². The van der Waals surface area contributed by atoms with Gasteiger partial charge >= 0.3 is 0 Å². The molecule has 0 saturated heterocycles. The highest BCUT2D eigenvalue weighted by Gasteiger charge is 2.31. The fourth-order valence-electron chi connectivity index (χ4n) is 2.02. The van der Waals surface area contributed by atoms with E-state index in [0.717, 1.165) is 6.54 Å². The van der Waals surface area contributed by atoms with Gasteiger partial charge in [0.1, 0.15) is 0 Å². The monoisotopic (exact) mass is 209 g/mol. The summed E-state index contributed by atoms with van der Waals surface area (Å²) in [4.78, 5) is 9.68. The van der Waals surface area contributed by atoms with Gasteiger partial charge in [-0.1, -0.05) is 0 Å². The van der Waals surface area contributed by atoms with Crippen LogP contribution in [0.1, 0.15) is 47.2 Å². The third-order valence-electron chi connectivity index (χ3n) is 2.50. The summed E-state index contributed by atoms with van der Waals surface area (Å²) in [6, 6.07) is 0. The molecule has 0 amide bonds. The topological polar surface area (TPSA) is 31.9 Å². The van der Waals surface area contributed by atoms with Gasteiger partial charge in [-0.2, -0.15) is 0 Å². The number of nitrogens with one attached hydrogen (secondary N) is 1. The smallest absolute Gasteiger partial charge is 0.0922 e. The molecule has 86 valence electrons. The number of rotatable bonds is 2. The van der Waals surface area contributed by atoms with Crippen LogP contribution in [0.2, 0.25) is 0 Å². The van der Waals surface area contributed by atoms with Gasteiger partial charge in [0.2, 0.25) is 0 Å². The van der Waals surface area contributed by atoms with Gasteiger partial charge < -0.3 is 4.98 Å². The molecule has 0 saturated carbocycles. The predicted octanol–water partition coefficient (Wildman–Crippen LogP) is 2.81. The van der Waals surface area contributed by atoms with Crippen LogP contribution in [0.5, 0.6) is 0 Å². The maximum atomic E-state index is 4.06. The van der Waals surface area contributed by atoms with Gasteiger partial charge in [-0.3, -0.25) is 4.90 Å². The van der Waals surface area contributed by atoms with Crippen molar-refractivity contribution in [3.05, 3.63) is 18.2 Å². The molecule has 3 heteroatoms. The summed E-state index contributed by atoms with van der Waals surface area (Å²) < 4.78 is 0. The largest absolute Gasteiger partial charge is 0.347 e. The predicted molar refractivity (Wildman–Crippen MR) is 63.6 cm³/mol. The van der Waals surface area contributed by atoms with Gasteiger partial charge in [-0.05, 0) is 41.5 Å². The number of aromatic nitrogens is 2. The second-order valence-corrected chi connectivity index (χ2v) is 6.00. The first-order valence-electron chi connectivity index (χ1n) is 5.46. The molecule has 0 spiro atoms. The van der Waals surface area contributed by atoms with Gasteiger partial charge in [0.15, 0.2) is 0 Å². The molecule has 3 nitrogen and oxygen atoms in total. The first-order chi connectivity index (χ1) is 6.71. The van der Waals surface area contributed by atoms with E-state index in [-0.39, 0.29) is 11.1 Å². The van der Waals surface area contributed by atoms with Crippen LogP contribution in [0.4, 0.5) is 0 Å². The van der Waals surface area contributed by atoms with Crippen LogP contribution < -0.4 is 0 Å². The Labute approximate surface area is 92.9 Å². The Balaban J connectivity index is 2.84.